The molecule has 0 spiro atoms. The van der Waals surface area contributed by atoms with Crippen LogP contribution in [-0.4, -0.2) is 37.5 Å². The van der Waals surface area contributed by atoms with Crippen molar-refractivity contribution in [3.05, 3.63) is 34.4 Å². The summed E-state index contributed by atoms with van der Waals surface area (Å²) < 4.78 is 50.4. The van der Waals surface area contributed by atoms with Crippen LogP contribution in [0.25, 0.3) is 0 Å². The molecule has 1 rings (SSSR count). The van der Waals surface area contributed by atoms with Gasteiger partial charge in [-0.25, -0.2) is 21.9 Å². The van der Waals surface area contributed by atoms with E-state index in [0.717, 1.165) is 12.1 Å². The zero-order valence-electron chi connectivity index (χ0n) is 9.42. The summed E-state index contributed by atoms with van der Waals surface area (Å²) in [4.78, 5) is 9.01. The molecule has 7 nitrogen and oxygen atoms in total. The van der Waals surface area contributed by atoms with E-state index in [1.54, 1.807) is 0 Å². The van der Waals surface area contributed by atoms with Crippen LogP contribution in [0.3, 0.4) is 0 Å². The molecule has 106 valence electrons. The van der Waals surface area contributed by atoms with Crippen molar-refractivity contribution in [2.45, 2.75) is 10.8 Å². The number of aliphatic hydroxyl groups excluding tert-OH is 1. The van der Waals surface area contributed by atoms with E-state index in [4.69, 9.17) is 5.11 Å². The maximum absolute atomic E-state index is 12.7. The number of sulfonamides is 1. The molecule has 0 bridgehead atoms. The second kappa shape index (κ2) is 5.55. The Labute approximate surface area is 107 Å². The number of alkyl halides is 2. The maximum Gasteiger partial charge on any atom is 0.289 e. The van der Waals surface area contributed by atoms with Crippen LogP contribution in [0.4, 0.5) is 14.5 Å². The molecule has 0 saturated carbocycles. The number of aliphatic hydroxyl groups is 1. The van der Waals surface area contributed by atoms with Gasteiger partial charge in [-0.1, -0.05) is 12.1 Å². The monoisotopic (exact) mass is 296 g/mol. The van der Waals surface area contributed by atoms with Crippen molar-refractivity contribution < 1.29 is 27.2 Å². The number of nitro groups is 1. The molecule has 0 unspecified atom stereocenters. The number of halogens is 2. The first kappa shape index (κ1) is 15.4. The molecule has 0 fully saturated rings. The van der Waals surface area contributed by atoms with Crippen molar-refractivity contribution >= 4 is 15.7 Å². The van der Waals surface area contributed by atoms with Gasteiger partial charge in [-0.2, -0.15) is 0 Å². The second-order valence-corrected chi connectivity index (χ2v) is 5.30. The highest BCUT2D eigenvalue weighted by Gasteiger charge is 2.32. The molecule has 1 aromatic carbocycles. The van der Waals surface area contributed by atoms with Crippen LogP contribution in [-0.2, 0) is 10.0 Å². The van der Waals surface area contributed by atoms with E-state index in [9.17, 15) is 27.3 Å². The van der Waals surface area contributed by atoms with Gasteiger partial charge in [-0.15, -0.1) is 0 Å². The number of rotatable bonds is 6. The lowest BCUT2D eigenvalue weighted by atomic mass is 10.3. The Kier molecular flexibility index (Phi) is 4.50. The summed E-state index contributed by atoms with van der Waals surface area (Å²) in [6, 6.07) is 4.35. The van der Waals surface area contributed by atoms with E-state index in [1.165, 1.54) is 16.9 Å². The van der Waals surface area contributed by atoms with Gasteiger partial charge in [0.25, 0.3) is 11.6 Å². The van der Waals surface area contributed by atoms with E-state index < -0.39 is 44.6 Å². The first-order chi connectivity index (χ1) is 8.69. The van der Waals surface area contributed by atoms with Crippen molar-refractivity contribution in [1.29, 1.82) is 0 Å². The quantitative estimate of drug-likeness (QED) is 0.587. The van der Waals surface area contributed by atoms with Gasteiger partial charge in [0.05, 0.1) is 11.5 Å². The average Bonchev–Trinajstić information content (AvgIpc) is 2.37. The van der Waals surface area contributed by atoms with Gasteiger partial charge in [-0.3, -0.25) is 10.1 Å². The molecule has 1 aromatic rings. The summed E-state index contributed by atoms with van der Waals surface area (Å²) in [5, 5.41) is 19.0. The molecule has 0 aromatic heterocycles. The Balaban J connectivity index is 3.05. The van der Waals surface area contributed by atoms with Gasteiger partial charge in [-0.05, 0) is 6.07 Å². The fourth-order valence-electron chi connectivity index (χ4n) is 1.17. The number of nitro benzene ring substituents is 1. The van der Waals surface area contributed by atoms with Crippen LogP contribution >= 0.6 is 0 Å². The Morgan fingerprint density at radius 2 is 1.95 bits per heavy atom. The van der Waals surface area contributed by atoms with Crippen LogP contribution < -0.4 is 4.72 Å². The minimum Gasteiger partial charge on any atom is -0.390 e. The molecular formula is C9H10F2N2O5S. The summed E-state index contributed by atoms with van der Waals surface area (Å²) in [6.07, 6.45) is 0. The Bertz CT molecular complexity index is 576. The predicted molar refractivity (Wildman–Crippen MR) is 60.3 cm³/mol. The lowest BCUT2D eigenvalue weighted by molar-refractivity contribution is -0.387. The minimum absolute atomic E-state index is 0.714. The van der Waals surface area contributed by atoms with E-state index >= 15 is 0 Å². The van der Waals surface area contributed by atoms with Gasteiger partial charge in [0, 0.05) is 6.07 Å². The molecule has 0 aliphatic rings. The van der Waals surface area contributed by atoms with Crippen LogP contribution in [0.5, 0.6) is 0 Å². The molecule has 0 aliphatic carbocycles. The predicted octanol–water partition coefficient (Wildman–Crippen LogP) is 0.501. The number of hydrogen-bond acceptors (Lipinski definition) is 5. The normalized spacial score (nSPS) is 12.4. The van der Waals surface area contributed by atoms with Crippen molar-refractivity contribution in [3.8, 4) is 0 Å². The van der Waals surface area contributed by atoms with Crippen LogP contribution in [0.2, 0.25) is 0 Å². The molecule has 0 saturated heterocycles. The number of nitrogens with one attached hydrogen (secondary N) is 1. The molecule has 0 amide bonds. The van der Waals surface area contributed by atoms with Crippen LogP contribution in [0.15, 0.2) is 29.2 Å². The van der Waals surface area contributed by atoms with E-state index in [1.807, 2.05) is 0 Å². The van der Waals surface area contributed by atoms with Gasteiger partial charge in [0.2, 0.25) is 10.0 Å². The van der Waals surface area contributed by atoms with Crippen molar-refractivity contribution in [1.82, 2.24) is 4.72 Å². The zero-order valence-corrected chi connectivity index (χ0v) is 10.2. The van der Waals surface area contributed by atoms with Crippen molar-refractivity contribution in [2.75, 3.05) is 13.2 Å². The first-order valence-electron chi connectivity index (χ1n) is 4.91. The molecule has 10 heteroatoms. The lowest BCUT2D eigenvalue weighted by Crippen LogP contribution is -2.39. The SMILES string of the molecule is O=[N+]([O-])c1ccccc1S(=O)(=O)NCC(F)(F)CO. The topological polar surface area (TPSA) is 110 Å². The maximum atomic E-state index is 12.7. The highest BCUT2D eigenvalue weighted by molar-refractivity contribution is 7.89. The largest absolute Gasteiger partial charge is 0.390 e. The van der Waals surface area contributed by atoms with Crippen molar-refractivity contribution in [3.63, 3.8) is 0 Å². The Morgan fingerprint density at radius 3 is 2.47 bits per heavy atom. The third-order valence-electron chi connectivity index (χ3n) is 2.10. The molecule has 19 heavy (non-hydrogen) atoms. The minimum atomic E-state index is -4.46. The number of hydrogen-bond donors (Lipinski definition) is 2. The highest BCUT2D eigenvalue weighted by atomic mass is 32.2. The van der Waals surface area contributed by atoms with Gasteiger partial charge in [0.15, 0.2) is 4.90 Å². The third kappa shape index (κ3) is 3.91. The Hall–Kier alpha value is -1.65. The van der Waals surface area contributed by atoms with E-state index in [-0.39, 0.29) is 0 Å². The number of para-hydroxylation sites is 1. The fourth-order valence-corrected chi connectivity index (χ4v) is 2.40. The molecule has 0 radical (unpaired) electrons. The van der Waals surface area contributed by atoms with Crippen LogP contribution in [0.1, 0.15) is 0 Å². The van der Waals surface area contributed by atoms with E-state index in [0.29, 0.717) is 0 Å². The molecular weight excluding hydrogens is 286 g/mol. The fraction of sp³-hybridized carbons (Fsp3) is 0.333. The summed E-state index contributed by atoms with van der Waals surface area (Å²) in [5.74, 6) is -3.64. The van der Waals surface area contributed by atoms with Gasteiger partial charge < -0.3 is 5.11 Å². The molecule has 0 atom stereocenters. The molecule has 0 heterocycles. The summed E-state index contributed by atoms with van der Waals surface area (Å²) in [5.41, 5.74) is -0.720. The van der Waals surface area contributed by atoms with Crippen molar-refractivity contribution in [2.24, 2.45) is 0 Å². The second-order valence-electron chi connectivity index (χ2n) is 3.56. The number of benzene rings is 1. The highest BCUT2D eigenvalue weighted by Crippen LogP contribution is 2.23. The standard InChI is InChI=1S/C9H10F2N2O5S/c10-9(11,6-14)5-12-19(17,18)8-4-2-1-3-7(8)13(15)16/h1-4,12,14H,5-6H2. The smallest absolute Gasteiger partial charge is 0.289 e. The van der Waals surface area contributed by atoms with Gasteiger partial charge in [0.1, 0.15) is 6.61 Å². The summed E-state index contributed by atoms with van der Waals surface area (Å²) >= 11 is 0. The zero-order chi connectivity index (χ0) is 14.7. The summed E-state index contributed by atoms with van der Waals surface area (Å²) in [7, 11) is -4.46. The van der Waals surface area contributed by atoms with Crippen LogP contribution in [0, 0.1) is 10.1 Å². The lowest BCUT2D eigenvalue weighted by Gasteiger charge is -2.14. The van der Waals surface area contributed by atoms with E-state index in [2.05, 4.69) is 0 Å². The summed E-state index contributed by atoms with van der Waals surface area (Å²) in [6.45, 7) is -2.88. The molecule has 2 N–H and O–H groups in total. The van der Waals surface area contributed by atoms with Gasteiger partial charge >= 0.3 is 0 Å². The third-order valence-corrected chi connectivity index (χ3v) is 3.55. The molecule has 0 aliphatic heterocycles. The number of nitrogens with zero attached hydrogens (tertiary/aromatic N) is 1. The Morgan fingerprint density at radius 1 is 1.37 bits per heavy atom. The average molecular weight is 296 g/mol. The first-order valence-corrected chi connectivity index (χ1v) is 6.40.